The van der Waals surface area contributed by atoms with E-state index in [2.05, 4.69) is 5.32 Å². The molecule has 4 nitrogen and oxygen atoms in total. The van der Waals surface area contributed by atoms with Crippen LogP contribution in [0.5, 0.6) is 0 Å². The Hall–Kier alpha value is -3.44. The molecule has 0 fully saturated rings. The van der Waals surface area contributed by atoms with Gasteiger partial charge >= 0.3 is 0 Å². The Morgan fingerprint density at radius 1 is 0.900 bits per heavy atom. The van der Waals surface area contributed by atoms with Gasteiger partial charge in [-0.1, -0.05) is 41.4 Å². The van der Waals surface area contributed by atoms with Gasteiger partial charge in [-0.2, -0.15) is 0 Å². The number of carbonyl (C=O) groups excluding carboxylic acids is 2. The molecule has 0 radical (unpaired) electrons. The summed E-state index contributed by atoms with van der Waals surface area (Å²) in [5.74, 6) is -1.41. The van der Waals surface area contributed by atoms with Crippen molar-refractivity contribution >= 4 is 40.4 Å². The van der Waals surface area contributed by atoms with Crippen molar-refractivity contribution < 1.29 is 14.0 Å². The van der Waals surface area contributed by atoms with Crippen LogP contribution in [0.2, 0.25) is 5.02 Å². The standard InChI is InChI=1S/C24H18ClFN2O2/c1-14-6-11-20(15(2)12-14)21-22(27-18-5-3-4-17(26)13-18)24(30)28(23(21)29)19-9-7-16(25)8-10-19/h3-13,27H,1-2H3. The minimum absolute atomic E-state index is 0.104. The Bertz CT molecular complexity index is 1200. The normalized spacial score (nSPS) is 13.9. The lowest BCUT2D eigenvalue weighted by Gasteiger charge is -2.15. The fraction of sp³-hybridized carbons (Fsp3) is 0.0833. The quantitative estimate of drug-likeness (QED) is 0.567. The van der Waals surface area contributed by atoms with E-state index >= 15 is 0 Å². The average molecular weight is 421 g/mol. The zero-order valence-corrected chi connectivity index (χ0v) is 17.1. The van der Waals surface area contributed by atoms with E-state index in [-0.39, 0.29) is 11.3 Å². The lowest BCUT2D eigenvalue weighted by atomic mass is 9.97. The van der Waals surface area contributed by atoms with Gasteiger partial charge in [-0.05, 0) is 67.4 Å². The fourth-order valence-electron chi connectivity index (χ4n) is 3.52. The van der Waals surface area contributed by atoms with Gasteiger partial charge in [-0.15, -0.1) is 0 Å². The predicted molar refractivity (Wildman–Crippen MR) is 117 cm³/mol. The summed E-state index contributed by atoms with van der Waals surface area (Å²) in [5.41, 5.74) is 3.70. The first-order valence-corrected chi connectivity index (χ1v) is 9.72. The molecule has 3 aromatic rings. The number of rotatable bonds is 4. The third kappa shape index (κ3) is 3.60. The van der Waals surface area contributed by atoms with Gasteiger partial charge in [0.25, 0.3) is 11.8 Å². The molecule has 0 spiro atoms. The van der Waals surface area contributed by atoms with Crippen LogP contribution in [0.1, 0.15) is 16.7 Å². The second-order valence-corrected chi connectivity index (χ2v) is 7.56. The van der Waals surface area contributed by atoms with Gasteiger partial charge in [-0.3, -0.25) is 9.59 Å². The molecule has 0 saturated heterocycles. The molecule has 0 saturated carbocycles. The van der Waals surface area contributed by atoms with Crippen LogP contribution in [-0.2, 0) is 9.59 Å². The Morgan fingerprint density at radius 3 is 2.30 bits per heavy atom. The predicted octanol–water partition coefficient (Wildman–Crippen LogP) is 5.49. The van der Waals surface area contributed by atoms with Crippen LogP contribution in [0, 0.1) is 19.7 Å². The van der Waals surface area contributed by atoms with E-state index in [1.54, 1.807) is 30.3 Å². The van der Waals surface area contributed by atoms with E-state index in [4.69, 9.17) is 11.6 Å². The highest BCUT2D eigenvalue weighted by molar-refractivity contribution is 6.46. The lowest BCUT2D eigenvalue weighted by Crippen LogP contribution is -2.32. The maximum atomic E-state index is 13.7. The van der Waals surface area contributed by atoms with Gasteiger partial charge in [0.05, 0.1) is 11.3 Å². The number of nitrogens with zero attached hydrogens (tertiary/aromatic N) is 1. The van der Waals surface area contributed by atoms with Crippen LogP contribution in [-0.4, -0.2) is 11.8 Å². The number of hydrogen-bond acceptors (Lipinski definition) is 3. The molecule has 150 valence electrons. The van der Waals surface area contributed by atoms with Crippen molar-refractivity contribution in [3.63, 3.8) is 0 Å². The number of aryl methyl sites for hydroxylation is 2. The van der Waals surface area contributed by atoms with Crippen LogP contribution in [0.4, 0.5) is 15.8 Å². The molecular formula is C24H18ClFN2O2. The first-order chi connectivity index (χ1) is 14.3. The minimum atomic E-state index is -0.512. The van der Waals surface area contributed by atoms with Crippen molar-refractivity contribution in [1.82, 2.24) is 0 Å². The summed E-state index contributed by atoms with van der Waals surface area (Å²) in [7, 11) is 0. The molecule has 0 aromatic heterocycles. The van der Waals surface area contributed by atoms with Gasteiger partial charge in [0.1, 0.15) is 11.5 Å². The number of benzene rings is 3. The van der Waals surface area contributed by atoms with Crippen molar-refractivity contribution in [2.75, 3.05) is 10.2 Å². The topological polar surface area (TPSA) is 49.4 Å². The van der Waals surface area contributed by atoms with Crippen LogP contribution >= 0.6 is 11.6 Å². The van der Waals surface area contributed by atoms with Crippen LogP contribution in [0.15, 0.2) is 72.4 Å². The van der Waals surface area contributed by atoms with Gasteiger partial charge in [0, 0.05) is 10.7 Å². The number of imide groups is 1. The number of hydrogen-bond donors (Lipinski definition) is 1. The van der Waals surface area contributed by atoms with Gasteiger partial charge in [-0.25, -0.2) is 9.29 Å². The molecule has 6 heteroatoms. The SMILES string of the molecule is Cc1ccc(C2=C(Nc3cccc(F)c3)C(=O)N(c3ccc(Cl)cc3)C2=O)c(C)c1. The molecule has 0 atom stereocenters. The molecule has 0 aliphatic carbocycles. The lowest BCUT2D eigenvalue weighted by molar-refractivity contribution is -0.120. The van der Waals surface area contributed by atoms with Gasteiger partial charge < -0.3 is 5.32 Å². The highest BCUT2D eigenvalue weighted by Gasteiger charge is 2.40. The molecule has 1 aliphatic rings. The van der Waals surface area contributed by atoms with E-state index in [1.165, 1.54) is 18.2 Å². The van der Waals surface area contributed by atoms with Crippen molar-refractivity contribution in [2.45, 2.75) is 13.8 Å². The van der Waals surface area contributed by atoms with E-state index in [0.717, 1.165) is 16.0 Å². The van der Waals surface area contributed by atoms with E-state index in [9.17, 15) is 14.0 Å². The molecular weight excluding hydrogens is 403 g/mol. The average Bonchev–Trinajstić information content (AvgIpc) is 2.93. The minimum Gasteiger partial charge on any atom is -0.350 e. The zero-order valence-electron chi connectivity index (χ0n) is 16.4. The van der Waals surface area contributed by atoms with E-state index < -0.39 is 17.6 Å². The number of nitrogens with one attached hydrogen (secondary N) is 1. The molecule has 0 unspecified atom stereocenters. The zero-order chi connectivity index (χ0) is 21.4. The van der Waals surface area contributed by atoms with E-state index in [1.807, 2.05) is 32.0 Å². The highest BCUT2D eigenvalue weighted by Crippen LogP contribution is 2.35. The number of amides is 2. The Morgan fingerprint density at radius 2 is 1.63 bits per heavy atom. The molecule has 1 N–H and O–H groups in total. The monoisotopic (exact) mass is 420 g/mol. The maximum Gasteiger partial charge on any atom is 0.282 e. The van der Waals surface area contributed by atoms with E-state index in [0.29, 0.717) is 22.0 Å². The smallest absolute Gasteiger partial charge is 0.282 e. The summed E-state index contributed by atoms with van der Waals surface area (Å²) in [6, 6.07) is 17.9. The van der Waals surface area contributed by atoms with Crippen molar-refractivity contribution in [3.05, 3.63) is 100.0 Å². The molecule has 4 rings (SSSR count). The Balaban J connectivity index is 1.86. The number of halogens is 2. The van der Waals surface area contributed by atoms with Crippen molar-refractivity contribution in [1.29, 1.82) is 0 Å². The Kier molecular flexibility index (Phi) is 5.14. The number of carbonyl (C=O) groups is 2. The fourth-order valence-corrected chi connectivity index (χ4v) is 3.65. The third-order valence-corrected chi connectivity index (χ3v) is 5.17. The molecule has 1 aliphatic heterocycles. The molecule has 0 bridgehead atoms. The molecule has 2 amide bonds. The molecule has 30 heavy (non-hydrogen) atoms. The van der Waals surface area contributed by atoms with Crippen LogP contribution < -0.4 is 10.2 Å². The second kappa shape index (κ2) is 7.76. The summed E-state index contributed by atoms with van der Waals surface area (Å²) in [6.07, 6.45) is 0. The summed E-state index contributed by atoms with van der Waals surface area (Å²) in [6.45, 7) is 3.84. The first kappa shape index (κ1) is 19.9. The van der Waals surface area contributed by atoms with Crippen LogP contribution in [0.25, 0.3) is 5.57 Å². The van der Waals surface area contributed by atoms with Gasteiger partial charge in [0.15, 0.2) is 0 Å². The summed E-state index contributed by atoms with van der Waals surface area (Å²) < 4.78 is 13.7. The number of anilines is 2. The highest BCUT2D eigenvalue weighted by atomic mass is 35.5. The van der Waals surface area contributed by atoms with Crippen molar-refractivity contribution in [3.8, 4) is 0 Å². The third-order valence-electron chi connectivity index (χ3n) is 4.91. The van der Waals surface area contributed by atoms with Crippen LogP contribution in [0.3, 0.4) is 0 Å². The maximum absolute atomic E-state index is 13.7. The largest absolute Gasteiger partial charge is 0.350 e. The molecule has 3 aromatic carbocycles. The molecule has 1 heterocycles. The summed E-state index contributed by atoms with van der Waals surface area (Å²) in [4.78, 5) is 27.8. The summed E-state index contributed by atoms with van der Waals surface area (Å²) >= 11 is 5.96. The summed E-state index contributed by atoms with van der Waals surface area (Å²) in [5, 5.41) is 3.46. The van der Waals surface area contributed by atoms with Gasteiger partial charge in [0.2, 0.25) is 0 Å². The second-order valence-electron chi connectivity index (χ2n) is 7.13. The van der Waals surface area contributed by atoms with Crippen molar-refractivity contribution in [2.24, 2.45) is 0 Å². The first-order valence-electron chi connectivity index (χ1n) is 9.34. The Labute approximate surface area is 178 Å².